The molecular weight excluding hydrogens is 452 g/mol. The van der Waals surface area contributed by atoms with Crippen LogP contribution in [0.1, 0.15) is 28.2 Å². The molecule has 174 valence electrons. The number of carbonyl (C=O) groups is 2. The topological polar surface area (TPSA) is 80.5 Å². The largest absolute Gasteiger partial charge is 0.285 e. The fourth-order valence-corrected chi connectivity index (χ4v) is 6.73. The highest BCUT2D eigenvalue weighted by atomic mass is 16.6. The summed E-state index contributed by atoms with van der Waals surface area (Å²) in [6, 6.07) is 31.5. The molecule has 0 N–H and O–H groups in total. The third-order valence-corrected chi connectivity index (χ3v) is 8.09. The van der Waals surface area contributed by atoms with Gasteiger partial charge in [0.1, 0.15) is 5.92 Å². The lowest BCUT2D eigenvalue weighted by atomic mass is 9.51. The van der Waals surface area contributed by atoms with Crippen LogP contribution in [0.4, 0.5) is 5.69 Å². The Labute approximate surface area is 207 Å². The third kappa shape index (κ3) is 2.40. The van der Waals surface area contributed by atoms with E-state index in [0.717, 1.165) is 22.3 Å². The lowest BCUT2D eigenvalue weighted by Gasteiger charge is -2.48. The summed E-state index contributed by atoms with van der Waals surface area (Å²) in [5, 5.41) is 13.0. The Hall–Kier alpha value is -4.58. The molecule has 4 aliphatic rings. The van der Waals surface area contributed by atoms with Crippen molar-refractivity contribution in [3.63, 3.8) is 0 Å². The number of carbonyl (C=O) groups excluding carboxylic acids is 2. The van der Waals surface area contributed by atoms with E-state index in [1.807, 2.05) is 66.7 Å². The molecule has 3 aliphatic carbocycles. The normalized spacial score (nSPS) is 25.3. The maximum atomic E-state index is 14.0. The monoisotopic (exact) mass is 472 g/mol. The quantitative estimate of drug-likeness (QED) is 0.235. The highest BCUT2D eigenvalue weighted by molar-refractivity contribution is 6.23. The summed E-state index contributed by atoms with van der Waals surface area (Å²) in [7, 11) is 0. The van der Waals surface area contributed by atoms with Crippen LogP contribution in [-0.4, -0.2) is 16.7 Å². The standard InChI is InChI=1S/C30H20N2O4/c33-28-26-25-21-10-4-6-12-23(21)30(32(35)36,24-13-7-5-11-22(24)25)27(26)29(34)31(28)20-16-14-19(15-17-20)18-8-2-1-3-9-18/h1-17,25-27H/t25?,26-,27+,30?/m1/s1. The molecule has 0 unspecified atom stereocenters. The summed E-state index contributed by atoms with van der Waals surface area (Å²) >= 11 is 0. The van der Waals surface area contributed by atoms with Crippen molar-refractivity contribution in [1.29, 1.82) is 0 Å². The number of hydrogen-bond acceptors (Lipinski definition) is 4. The summed E-state index contributed by atoms with van der Waals surface area (Å²) in [5.74, 6) is -3.24. The summed E-state index contributed by atoms with van der Waals surface area (Å²) < 4.78 is 0. The molecule has 6 heteroatoms. The third-order valence-electron chi connectivity index (χ3n) is 8.09. The van der Waals surface area contributed by atoms with Gasteiger partial charge in [-0.2, -0.15) is 0 Å². The van der Waals surface area contributed by atoms with Crippen LogP contribution in [0, 0.1) is 22.0 Å². The number of hydrogen-bond donors (Lipinski definition) is 0. The fraction of sp³-hybridized carbons (Fsp3) is 0.133. The number of imide groups is 1. The molecule has 1 fully saturated rings. The molecule has 0 aromatic heterocycles. The van der Waals surface area contributed by atoms with E-state index in [2.05, 4.69) is 0 Å². The van der Waals surface area contributed by atoms with Gasteiger partial charge in [-0.15, -0.1) is 0 Å². The SMILES string of the molecule is O=C1[C@@H]2C3c4ccccc4C([N+](=O)[O-])(c4ccccc43)[C@@H]2C(=O)N1c1ccc(-c2ccccc2)cc1. The highest BCUT2D eigenvalue weighted by Crippen LogP contribution is 2.64. The summed E-state index contributed by atoms with van der Waals surface area (Å²) in [6.07, 6.45) is 0. The molecule has 8 rings (SSSR count). The zero-order chi connectivity index (χ0) is 24.6. The molecule has 4 aromatic carbocycles. The number of rotatable bonds is 3. The van der Waals surface area contributed by atoms with Crippen LogP contribution in [0.2, 0.25) is 0 Å². The smallest absolute Gasteiger partial charge is 0.274 e. The van der Waals surface area contributed by atoms with Crippen LogP contribution >= 0.6 is 0 Å². The first-order valence-electron chi connectivity index (χ1n) is 11.9. The molecule has 2 atom stereocenters. The van der Waals surface area contributed by atoms with E-state index in [1.165, 1.54) is 4.90 Å². The Morgan fingerprint density at radius 1 is 0.667 bits per heavy atom. The molecule has 2 amide bonds. The maximum Gasteiger partial charge on any atom is 0.285 e. The predicted molar refractivity (Wildman–Crippen MR) is 134 cm³/mol. The van der Waals surface area contributed by atoms with Crippen molar-refractivity contribution < 1.29 is 14.5 Å². The molecule has 1 saturated heterocycles. The van der Waals surface area contributed by atoms with Gasteiger partial charge in [0.25, 0.3) is 5.54 Å². The van der Waals surface area contributed by atoms with E-state index < -0.39 is 29.2 Å². The first-order chi connectivity index (χ1) is 17.5. The van der Waals surface area contributed by atoms with E-state index in [4.69, 9.17) is 0 Å². The Morgan fingerprint density at radius 3 is 1.78 bits per heavy atom. The maximum absolute atomic E-state index is 14.0. The van der Waals surface area contributed by atoms with Crippen LogP contribution in [0.5, 0.6) is 0 Å². The summed E-state index contributed by atoms with van der Waals surface area (Å²) in [6.45, 7) is 0. The lowest BCUT2D eigenvalue weighted by Crippen LogP contribution is -2.57. The van der Waals surface area contributed by atoms with Crippen LogP contribution in [0.25, 0.3) is 11.1 Å². The van der Waals surface area contributed by atoms with Crippen molar-refractivity contribution in [1.82, 2.24) is 0 Å². The number of amides is 2. The second-order valence-electron chi connectivity index (χ2n) is 9.60. The highest BCUT2D eigenvalue weighted by Gasteiger charge is 2.74. The number of benzene rings is 4. The Balaban J connectivity index is 1.41. The van der Waals surface area contributed by atoms with Gasteiger partial charge < -0.3 is 0 Å². The van der Waals surface area contributed by atoms with E-state index >= 15 is 0 Å². The minimum Gasteiger partial charge on any atom is -0.274 e. The molecule has 36 heavy (non-hydrogen) atoms. The van der Waals surface area contributed by atoms with E-state index in [1.54, 1.807) is 36.4 Å². The van der Waals surface area contributed by atoms with Gasteiger partial charge in [-0.05, 0) is 34.4 Å². The second-order valence-corrected chi connectivity index (χ2v) is 9.60. The summed E-state index contributed by atoms with van der Waals surface area (Å²) in [4.78, 5) is 41.8. The van der Waals surface area contributed by atoms with Crippen molar-refractivity contribution in [2.75, 3.05) is 4.90 Å². The molecule has 0 spiro atoms. The second kappa shape index (κ2) is 7.21. The van der Waals surface area contributed by atoms with Crippen LogP contribution in [0.3, 0.4) is 0 Å². The van der Waals surface area contributed by atoms with E-state index in [-0.39, 0.29) is 10.8 Å². The van der Waals surface area contributed by atoms with E-state index in [9.17, 15) is 19.7 Å². The average molecular weight is 473 g/mol. The summed E-state index contributed by atoms with van der Waals surface area (Å²) in [5.41, 5.74) is 3.16. The molecule has 1 aliphatic heterocycles. The zero-order valence-corrected chi connectivity index (χ0v) is 19.1. The minimum atomic E-state index is -1.81. The Morgan fingerprint density at radius 2 is 1.19 bits per heavy atom. The first kappa shape index (κ1) is 20.8. The van der Waals surface area contributed by atoms with Gasteiger partial charge in [-0.3, -0.25) is 19.7 Å². The van der Waals surface area contributed by atoms with Gasteiger partial charge in [0.05, 0.1) is 11.6 Å². The fourth-order valence-electron chi connectivity index (χ4n) is 6.73. The van der Waals surface area contributed by atoms with Gasteiger partial charge in [-0.25, -0.2) is 4.90 Å². The average Bonchev–Trinajstić information content (AvgIpc) is 3.19. The first-order valence-corrected chi connectivity index (χ1v) is 11.9. The van der Waals surface area contributed by atoms with Crippen molar-refractivity contribution in [2.45, 2.75) is 11.5 Å². The van der Waals surface area contributed by atoms with Gasteiger partial charge in [0, 0.05) is 22.0 Å². The van der Waals surface area contributed by atoms with Crippen LogP contribution in [-0.2, 0) is 15.1 Å². The van der Waals surface area contributed by atoms with Crippen LogP contribution < -0.4 is 4.90 Å². The molecule has 0 radical (unpaired) electrons. The minimum absolute atomic E-state index is 0.342. The lowest BCUT2D eigenvalue weighted by molar-refractivity contribution is -0.578. The van der Waals surface area contributed by atoms with Crippen molar-refractivity contribution >= 4 is 17.5 Å². The van der Waals surface area contributed by atoms with Crippen LogP contribution in [0.15, 0.2) is 103 Å². The molecule has 4 aromatic rings. The number of nitrogens with zero attached hydrogens (tertiary/aromatic N) is 2. The van der Waals surface area contributed by atoms with Gasteiger partial charge in [0.15, 0.2) is 0 Å². The molecule has 2 bridgehead atoms. The molecule has 1 heterocycles. The molecule has 0 saturated carbocycles. The zero-order valence-electron chi connectivity index (χ0n) is 19.1. The van der Waals surface area contributed by atoms with Crippen molar-refractivity contribution in [3.8, 4) is 11.1 Å². The number of nitro groups is 1. The molecular formula is C30H20N2O4. The molecule has 6 nitrogen and oxygen atoms in total. The van der Waals surface area contributed by atoms with Crippen molar-refractivity contribution in [2.24, 2.45) is 11.8 Å². The van der Waals surface area contributed by atoms with Gasteiger partial charge in [0.2, 0.25) is 11.8 Å². The van der Waals surface area contributed by atoms with Gasteiger partial charge in [-0.1, -0.05) is 91.0 Å². The Kier molecular flexibility index (Phi) is 4.16. The predicted octanol–water partition coefficient (Wildman–Crippen LogP) is 5.14. The Bertz CT molecular complexity index is 1530. The van der Waals surface area contributed by atoms with Gasteiger partial charge >= 0.3 is 0 Å². The van der Waals surface area contributed by atoms with Crippen molar-refractivity contribution in [3.05, 3.63) is 135 Å². The van der Waals surface area contributed by atoms with E-state index in [0.29, 0.717) is 16.8 Å². The number of anilines is 1.